The van der Waals surface area contributed by atoms with Crippen molar-refractivity contribution in [2.45, 2.75) is 13.5 Å². The predicted molar refractivity (Wildman–Crippen MR) is 129 cm³/mol. The number of sulfonamides is 1. The molecule has 1 amide bonds. The first kappa shape index (κ1) is 21.7. The van der Waals surface area contributed by atoms with Crippen molar-refractivity contribution < 1.29 is 17.9 Å². The largest absolute Gasteiger partial charge is 0.497 e. The van der Waals surface area contributed by atoms with Gasteiger partial charge < -0.3 is 14.6 Å². The van der Waals surface area contributed by atoms with Crippen molar-refractivity contribution in [3.8, 4) is 5.75 Å². The van der Waals surface area contributed by atoms with Crippen molar-refractivity contribution in [1.82, 2.24) is 4.57 Å². The highest BCUT2D eigenvalue weighted by molar-refractivity contribution is 7.92. The number of aryl methyl sites for hydroxylation is 1. The summed E-state index contributed by atoms with van der Waals surface area (Å²) in [6, 6.07) is 20.5. The number of aromatic nitrogens is 1. The van der Waals surface area contributed by atoms with Gasteiger partial charge in [-0.05, 0) is 43.3 Å². The van der Waals surface area contributed by atoms with Crippen LogP contribution in [0.5, 0.6) is 5.75 Å². The van der Waals surface area contributed by atoms with Gasteiger partial charge in [0.1, 0.15) is 12.3 Å². The third-order valence-corrected chi connectivity index (χ3v) is 6.54. The standard InChI is InChI=1S/C24H25N3O4S/c1-4-26-22-11-6-5-10-20(22)21-14-17(12-13-23(21)26)25-24(28)16-27(32(3,29)30)18-8-7-9-19(15-18)31-2/h5-15H,4,16H2,1-3H3,(H,25,28). The second-order valence-electron chi connectivity index (χ2n) is 7.51. The molecular formula is C24H25N3O4S. The zero-order valence-corrected chi connectivity index (χ0v) is 19.0. The number of para-hydroxylation sites is 1. The first-order chi connectivity index (χ1) is 15.3. The Morgan fingerprint density at radius 1 is 1.00 bits per heavy atom. The van der Waals surface area contributed by atoms with Gasteiger partial charge in [0.05, 0.1) is 19.1 Å². The SMILES string of the molecule is CCn1c2ccccc2c2cc(NC(=O)CN(c3cccc(OC)c3)S(C)(=O)=O)ccc21. The molecule has 0 aliphatic carbocycles. The van der Waals surface area contributed by atoms with E-state index in [0.29, 0.717) is 17.1 Å². The fraction of sp³-hybridized carbons (Fsp3) is 0.208. The molecule has 1 heterocycles. The van der Waals surface area contributed by atoms with Crippen molar-refractivity contribution in [2.24, 2.45) is 0 Å². The minimum Gasteiger partial charge on any atom is -0.497 e. The number of ether oxygens (including phenoxy) is 1. The van der Waals surface area contributed by atoms with E-state index in [1.165, 1.54) is 7.11 Å². The molecule has 0 bridgehead atoms. The number of anilines is 2. The number of fused-ring (bicyclic) bond motifs is 3. The quantitative estimate of drug-likeness (QED) is 0.456. The Morgan fingerprint density at radius 2 is 1.75 bits per heavy atom. The van der Waals surface area contributed by atoms with Crippen molar-refractivity contribution >= 4 is 49.1 Å². The summed E-state index contributed by atoms with van der Waals surface area (Å²) in [5, 5.41) is 4.98. The Hall–Kier alpha value is -3.52. The zero-order chi connectivity index (χ0) is 22.9. The van der Waals surface area contributed by atoms with Crippen LogP contribution in [0.25, 0.3) is 21.8 Å². The van der Waals surface area contributed by atoms with E-state index in [-0.39, 0.29) is 6.54 Å². The number of nitrogens with one attached hydrogen (secondary N) is 1. The minimum absolute atomic E-state index is 0.346. The number of hydrogen-bond donors (Lipinski definition) is 1. The highest BCUT2D eigenvalue weighted by Crippen LogP contribution is 2.31. The maximum absolute atomic E-state index is 12.8. The molecule has 1 aromatic heterocycles. The van der Waals surface area contributed by atoms with Gasteiger partial charge in [0.2, 0.25) is 15.9 Å². The molecule has 32 heavy (non-hydrogen) atoms. The number of amides is 1. The van der Waals surface area contributed by atoms with Crippen molar-refractivity contribution in [2.75, 3.05) is 29.5 Å². The van der Waals surface area contributed by atoms with Crippen molar-refractivity contribution in [3.05, 3.63) is 66.7 Å². The number of carbonyl (C=O) groups is 1. The van der Waals surface area contributed by atoms with Gasteiger partial charge in [0.15, 0.2) is 0 Å². The van der Waals surface area contributed by atoms with E-state index in [1.807, 2.05) is 30.3 Å². The molecule has 0 atom stereocenters. The summed E-state index contributed by atoms with van der Waals surface area (Å²) in [6.07, 6.45) is 1.07. The highest BCUT2D eigenvalue weighted by atomic mass is 32.2. The van der Waals surface area contributed by atoms with Crippen LogP contribution in [0, 0.1) is 0 Å². The number of benzene rings is 3. The molecule has 4 rings (SSSR count). The zero-order valence-electron chi connectivity index (χ0n) is 18.2. The van der Waals surface area contributed by atoms with E-state index in [4.69, 9.17) is 4.74 Å². The second-order valence-corrected chi connectivity index (χ2v) is 9.42. The molecule has 0 aliphatic heterocycles. The fourth-order valence-electron chi connectivity index (χ4n) is 3.97. The molecule has 166 valence electrons. The molecule has 4 aromatic rings. The fourth-order valence-corrected chi connectivity index (χ4v) is 4.82. The van der Waals surface area contributed by atoms with Crippen LogP contribution in [-0.2, 0) is 21.4 Å². The summed E-state index contributed by atoms with van der Waals surface area (Å²) in [7, 11) is -2.18. The van der Waals surface area contributed by atoms with E-state index in [2.05, 4.69) is 28.9 Å². The molecular weight excluding hydrogens is 426 g/mol. The summed E-state index contributed by atoms with van der Waals surface area (Å²) >= 11 is 0. The van der Waals surface area contributed by atoms with E-state index in [9.17, 15) is 13.2 Å². The average Bonchev–Trinajstić information content (AvgIpc) is 3.09. The third kappa shape index (κ3) is 4.13. The number of nitrogens with zero attached hydrogens (tertiary/aromatic N) is 2. The van der Waals surface area contributed by atoms with Crippen LogP contribution >= 0.6 is 0 Å². The summed E-state index contributed by atoms with van der Waals surface area (Å²) in [4.78, 5) is 12.8. The molecule has 0 saturated carbocycles. The lowest BCUT2D eigenvalue weighted by molar-refractivity contribution is -0.114. The van der Waals surface area contributed by atoms with Gasteiger partial charge in [-0.2, -0.15) is 0 Å². The van der Waals surface area contributed by atoms with E-state index in [0.717, 1.165) is 38.9 Å². The normalized spacial score (nSPS) is 11.6. The van der Waals surface area contributed by atoms with E-state index in [1.54, 1.807) is 24.3 Å². The third-order valence-electron chi connectivity index (χ3n) is 5.40. The number of methoxy groups -OCH3 is 1. The molecule has 0 saturated heterocycles. The summed E-state index contributed by atoms with van der Waals surface area (Å²) in [5.41, 5.74) is 3.19. The first-order valence-electron chi connectivity index (χ1n) is 10.2. The van der Waals surface area contributed by atoms with Crippen LogP contribution in [0.3, 0.4) is 0 Å². The average molecular weight is 452 g/mol. The maximum Gasteiger partial charge on any atom is 0.245 e. The van der Waals surface area contributed by atoms with Gasteiger partial charge >= 0.3 is 0 Å². The lowest BCUT2D eigenvalue weighted by Crippen LogP contribution is -2.37. The van der Waals surface area contributed by atoms with Gasteiger partial charge in [-0.1, -0.05) is 24.3 Å². The van der Waals surface area contributed by atoms with Crippen LogP contribution in [0.1, 0.15) is 6.92 Å². The number of hydrogen-bond acceptors (Lipinski definition) is 4. The van der Waals surface area contributed by atoms with E-state index < -0.39 is 15.9 Å². The molecule has 1 N–H and O–H groups in total. The smallest absolute Gasteiger partial charge is 0.245 e. The Bertz CT molecular complexity index is 1410. The van der Waals surface area contributed by atoms with Gasteiger partial charge in [-0.3, -0.25) is 9.10 Å². The lowest BCUT2D eigenvalue weighted by atomic mass is 10.1. The molecule has 0 fully saturated rings. The first-order valence-corrected chi connectivity index (χ1v) is 12.1. The molecule has 0 radical (unpaired) electrons. The van der Waals surface area contributed by atoms with Gasteiger partial charge in [0, 0.05) is 40.1 Å². The number of rotatable bonds is 7. The van der Waals surface area contributed by atoms with Crippen LogP contribution in [0.4, 0.5) is 11.4 Å². The van der Waals surface area contributed by atoms with E-state index >= 15 is 0 Å². The lowest BCUT2D eigenvalue weighted by Gasteiger charge is -2.22. The topological polar surface area (TPSA) is 80.6 Å². The molecule has 0 spiro atoms. The van der Waals surface area contributed by atoms with Gasteiger partial charge in [-0.15, -0.1) is 0 Å². The van der Waals surface area contributed by atoms with Crippen LogP contribution in [0.15, 0.2) is 66.7 Å². The number of carbonyl (C=O) groups excluding carboxylic acids is 1. The highest BCUT2D eigenvalue weighted by Gasteiger charge is 2.21. The predicted octanol–water partition coefficient (Wildman–Crippen LogP) is 4.23. The Kier molecular flexibility index (Phi) is 5.80. The molecule has 7 nitrogen and oxygen atoms in total. The Balaban J connectivity index is 1.63. The summed E-state index contributed by atoms with van der Waals surface area (Å²) < 4.78 is 33.2. The van der Waals surface area contributed by atoms with Gasteiger partial charge in [0.25, 0.3) is 0 Å². The Labute approximate surface area is 187 Å². The Morgan fingerprint density at radius 3 is 2.47 bits per heavy atom. The molecule has 0 unspecified atom stereocenters. The van der Waals surface area contributed by atoms with Crippen LogP contribution in [-0.4, -0.2) is 38.8 Å². The van der Waals surface area contributed by atoms with Gasteiger partial charge in [-0.25, -0.2) is 8.42 Å². The van der Waals surface area contributed by atoms with Crippen molar-refractivity contribution in [1.29, 1.82) is 0 Å². The monoisotopic (exact) mass is 451 g/mol. The van der Waals surface area contributed by atoms with Crippen LogP contribution in [0.2, 0.25) is 0 Å². The minimum atomic E-state index is -3.68. The summed E-state index contributed by atoms with van der Waals surface area (Å²) in [6.45, 7) is 2.58. The van der Waals surface area contributed by atoms with Crippen LogP contribution < -0.4 is 14.4 Å². The van der Waals surface area contributed by atoms with Crippen molar-refractivity contribution in [3.63, 3.8) is 0 Å². The molecule has 3 aromatic carbocycles. The molecule has 0 aliphatic rings. The maximum atomic E-state index is 12.8. The summed E-state index contributed by atoms with van der Waals surface area (Å²) in [5.74, 6) is 0.0751. The second kappa shape index (κ2) is 8.55. The molecule has 8 heteroatoms.